The smallest absolute Gasteiger partial charge is 0.342 e. The number of benzene rings is 1. The van der Waals surface area contributed by atoms with Crippen LogP contribution < -0.4 is 4.72 Å². The van der Waals surface area contributed by atoms with Crippen molar-refractivity contribution in [1.29, 1.82) is 0 Å². The summed E-state index contributed by atoms with van der Waals surface area (Å²) in [6.07, 6.45) is -2.17. The van der Waals surface area contributed by atoms with Gasteiger partial charge in [0.1, 0.15) is 16.6 Å². The molecule has 3 atom stereocenters. The summed E-state index contributed by atoms with van der Waals surface area (Å²) >= 11 is -1.69. The predicted molar refractivity (Wildman–Crippen MR) is 86.4 cm³/mol. The number of halogens is 2. The molecule has 1 N–H and O–H groups in total. The van der Waals surface area contributed by atoms with E-state index >= 15 is 0 Å². The highest BCUT2D eigenvalue weighted by atomic mass is 32.2. The normalized spacial score (nSPS) is 15.8. The number of carbonyl (C=O) groups is 1. The highest BCUT2D eigenvalue weighted by Gasteiger charge is 2.39. The number of carbonyl (C=O) groups excluding carboxylic acids is 1. The van der Waals surface area contributed by atoms with Gasteiger partial charge in [0.25, 0.3) is 0 Å². The van der Waals surface area contributed by atoms with Gasteiger partial charge in [0.15, 0.2) is 0 Å². The van der Waals surface area contributed by atoms with E-state index in [4.69, 9.17) is 0 Å². The second kappa shape index (κ2) is 8.08. The average Bonchev–Trinajstić information content (AvgIpc) is 2.45. The van der Waals surface area contributed by atoms with Crippen LogP contribution in [0.1, 0.15) is 44.9 Å². The van der Waals surface area contributed by atoms with Crippen LogP contribution in [-0.2, 0) is 20.9 Å². The van der Waals surface area contributed by atoms with Crippen LogP contribution in [0.4, 0.5) is 8.78 Å². The molecular formula is C16H23F2NO3S. The highest BCUT2D eigenvalue weighted by molar-refractivity contribution is 7.90. The van der Waals surface area contributed by atoms with Crippen molar-refractivity contribution in [3.05, 3.63) is 35.1 Å². The lowest BCUT2D eigenvalue weighted by molar-refractivity contribution is -0.150. The van der Waals surface area contributed by atoms with Crippen LogP contribution in [0.3, 0.4) is 0 Å². The summed E-state index contributed by atoms with van der Waals surface area (Å²) < 4.78 is 47.5. The number of rotatable bonds is 6. The molecule has 130 valence electrons. The van der Waals surface area contributed by atoms with Gasteiger partial charge in [-0.15, -0.1) is 4.72 Å². The SMILES string of the molecule is CCOC(=O)[C@H](F)[C@@H](N[S+]([O-])C(C)(C)C)c1cc(C)ccc1F. The Morgan fingerprint density at radius 1 is 1.43 bits per heavy atom. The second-order valence-electron chi connectivity index (χ2n) is 6.16. The summed E-state index contributed by atoms with van der Waals surface area (Å²) in [5.74, 6) is -1.79. The third-order valence-corrected chi connectivity index (χ3v) is 4.66. The zero-order chi connectivity index (χ0) is 17.8. The molecule has 0 radical (unpaired) electrons. The number of hydrogen-bond donors (Lipinski definition) is 1. The summed E-state index contributed by atoms with van der Waals surface area (Å²) in [6.45, 7) is 8.35. The topological polar surface area (TPSA) is 61.4 Å². The molecule has 0 spiro atoms. The van der Waals surface area contributed by atoms with Crippen molar-refractivity contribution >= 4 is 17.3 Å². The number of nitrogens with one attached hydrogen (secondary N) is 1. The quantitative estimate of drug-likeness (QED) is 0.634. The van der Waals surface area contributed by atoms with E-state index < -0.39 is 40.1 Å². The summed E-state index contributed by atoms with van der Waals surface area (Å²) in [4.78, 5) is 11.7. The fourth-order valence-corrected chi connectivity index (χ4v) is 2.66. The molecule has 0 aliphatic heterocycles. The molecule has 1 rings (SSSR count). The predicted octanol–water partition coefficient (Wildman–Crippen LogP) is 3.13. The van der Waals surface area contributed by atoms with Crippen LogP contribution in [0, 0.1) is 12.7 Å². The Hall–Kier alpha value is -1.18. The zero-order valence-corrected chi connectivity index (χ0v) is 14.8. The Labute approximate surface area is 138 Å². The Balaban J connectivity index is 3.20. The van der Waals surface area contributed by atoms with E-state index in [1.807, 2.05) is 0 Å². The largest absolute Gasteiger partial charge is 0.598 e. The first-order chi connectivity index (χ1) is 10.6. The molecule has 0 bridgehead atoms. The fraction of sp³-hybridized carbons (Fsp3) is 0.562. The van der Waals surface area contributed by atoms with E-state index in [0.29, 0.717) is 5.56 Å². The molecule has 4 nitrogen and oxygen atoms in total. The molecule has 1 unspecified atom stereocenters. The number of esters is 1. The molecule has 0 saturated heterocycles. The van der Waals surface area contributed by atoms with Crippen molar-refractivity contribution < 1.29 is 22.9 Å². The third-order valence-electron chi connectivity index (χ3n) is 3.08. The van der Waals surface area contributed by atoms with Gasteiger partial charge in [0.2, 0.25) is 6.17 Å². The van der Waals surface area contributed by atoms with E-state index in [1.54, 1.807) is 34.6 Å². The molecule has 7 heteroatoms. The van der Waals surface area contributed by atoms with Gasteiger partial charge in [0.05, 0.1) is 6.61 Å². The second-order valence-corrected chi connectivity index (χ2v) is 8.15. The summed E-state index contributed by atoms with van der Waals surface area (Å²) in [7, 11) is 0. The van der Waals surface area contributed by atoms with E-state index in [-0.39, 0.29) is 12.2 Å². The Morgan fingerprint density at radius 2 is 2.04 bits per heavy atom. The van der Waals surface area contributed by atoms with Gasteiger partial charge < -0.3 is 9.29 Å². The third kappa shape index (κ3) is 5.44. The molecule has 1 aromatic carbocycles. The molecule has 23 heavy (non-hydrogen) atoms. The maximum atomic E-state index is 14.6. The first kappa shape index (κ1) is 19.9. The summed E-state index contributed by atoms with van der Waals surface area (Å²) in [5, 5.41) is 0. The Kier molecular flexibility index (Phi) is 6.98. The molecule has 0 aliphatic carbocycles. The van der Waals surface area contributed by atoms with Gasteiger partial charge in [-0.2, -0.15) is 0 Å². The van der Waals surface area contributed by atoms with Gasteiger partial charge in [-0.05, 0) is 40.7 Å². The summed E-state index contributed by atoms with van der Waals surface area (Å²) in [5.41, 5.74) is 0.647. The minimum absolute atomic E-state index is 0.00460. The molecule has 1 aromatic rings. The van der Waals surface area contributed by atoms with E-state index in [2.05, 4.69) is 9.46 Å². The summed E-state index contributed by atoms with van der Waals surface area (Å²) in [6, 6.07) is 2.76. The van der Waals surface area contributed by atoms with E-state index in [1.165, 1.54) is 18.2 Å². The molecule has 0 aliphatic rings. The maximum absolute atomic E-state index is 14.6. The van der Waals surface area contributed by atoms with Gasteiger partial charge in [-0.25, -0.2) is 13.6 Å². The molecule has 0 aromatic heterocycles. The highest BCUT2D eigenvalue weighted by Crippen LogP contribution is 2.27. The Bertz CT molecular complexity index is 549. The standard InChI is InChI=1S/C16H23F2NO3S/c1-6-22-15(20)13(18)14(19-23(21)16(3,4)5)11-9-10(2)7-8-12(11)17/h7-9,13-14,19H,6H2,1-5H3/t13-,14+,23?/m1/s1. The first-order valence-corrected chi connectivity index (χ1v) is 8.47. The van der Waals surface area contributed by atoms with Crippen LogP contribution in [0.25, 0.3) is 0 Å². The van der Waals surface area contributed by atoms with Gasteiger partial charge in [-0.1, -0.05) is 17.7 Å². The molecular weight excluding hydrogens is 324 g/mol. The van der Waals surface area contributed by atoms with Crippen LogP contribution in [0.5, 0.6) is 0 Å². The number of alkyl halides is 1. The van der Waals surface area contributed by atoms with Crippen molar-refractivity contribution in [2.75, 3.05) is 6.61 Å². The van der Waals surface area contributed by atoms with Crippen molar-refractivity contribution in [3.8, 4) is 0 Å². The maximum Gasteiger partial charge on any atom is 0.342 e. The monoisotopic (exact) mass is 347 g/mol. The van der Waals surface area contributed by atoms with E-state index in [0.717, 1.165) is 0 Å². The lowest BCUT2D eigenvalue weighted by atomic mass is 10.0. The minimum atomic E-state index is -2.17. The molecule has 0 amide bonds. The molecule has 0 heterocycles. The average molecular weight is 347 g/mol. The van der Waals surface area contributed by atoms with Gasteiger partial charge >= 0.3 is 5.97 Å². The van der Waals surface area contributed by atoms with Crippen molar-refractivity contribution in [2.45, 2.75) is 51.6 Å². The number of hydrogen-bond acceptors (Lipinski definition) is 4. The Morgan fingerprint density at radius 3 is 2.57 bits per heavy atom. The van der Waals surface area contributed by atoms with Gasteiger partial charge in [-0.3, -0.25) is 0 Å². The van der Waals surface area contributed by atoms with Crippen LogP contribution >= 0.6 is 0 Å². The molecule has 0 fully saturated rings. The van der Waals surface area contributed by atoms with Gasteiger partial charge in [0, 0.05) is 16.9 Å². The first-order valence-electron chi connectivity index (χ1n) is 7.32. The van der Waals surface area contributed by atoms with Crippen LogP contribution in [0.2, 0.25) is 0 Å². The van der Waals surface area contributed by atoms with Crippen LogP contribution in [0.15, 0.2) is 18.2 Å². The van der Waals surface area contributed by atoms with Crippen molar-refractivity contribution in [1.82, 2.24) is 4.72 Å². The number of aryl methyl sites for hydroxylation is 1. The molecule has 0 saturated carbocycles. The van der Waals surface area contributed by atoms with E-state index in [9.17, 15) is 18.1 Å². The van der Waals surface area contributed by atoms with Crippen molar-refractivity contribution in [2.24, 2.45) is 0 Å². The van der Waals surface area contributed by atoms with Crippen LogP contribution in [-0.4, -0.2) is 28.0 Å². The van der Waals surface area contributed by atoms with Crippen molar-refractivity contribution in [3.63, 3.8) is 0 Å². The zero-order valence-electron chi connectivity index (χ0n) is 14.0. The fourth-order valence-electron chi connectivity index (χ4n) is 1.83. The minimum Gasteiger partial charge on any atom is -0.598 e. The lowest BCUT2D eigenvalue weighted by Gasteiger charge is -2.29. The number of ether oxygens (including phenoxy) is 1. The lowest BCUT2D eigenvalue weighted by Crippen LogP contribution is -2.46.